The highest BCUT2D eigenvalue weighted by molar-refractivity contribution is 5.81. The number of halogens is 2. The molecule has 1 saturated heterocycles. The number of rotatable bonds is 2. The van der Waals surface area contributed by atoms with Crippen molar-refractivity contribution in [1.29, 1.82) is 5.41 Å². The van der Waals surface area contributed by atoms with Crippen molar-refractivity contribution in [3.63, 3.8) is 0 Å². The molecule has 1 aliphatic heterocycles. The molecule has 0 atom stereocenters. The normalized spacial score (nSPS) is 22.8. The molecule has 0 amide bonds. The van der Waals surface area contributed by atoms with Crippen LogP contribution in [0.3, 0.4) is 0 Å². The number of nitrogens with zero attached hydrogens (tertiary/aromatic N) is 1. The first kappa shape index (κ1) is 8.39. The second-order valence-electron chi connectivity index (χ2n) is 2.95. The topological polar surface area (TPSA) is 47.3 Å². The second kappa shape index (κ2) is 2.73. The largest absolute Gasteiger partial charge is 0.287 e. The fourth-order valence-electron chi connectivity index (χ4n) is 1.13. The van der Waals surface area contributed by atoms with E-state index in [0.29, 0.717) is 5.06 Å². The number of amidine groups is 1. The third kappa shape index (κ3) is 1.33. The smallest absolute Gasteiger partial charge is 0.121 e. The first-order chi connectivity index (χ1) is 5.13. The van der Waals surface area contributed by atoms with Gasteiger partial charge in [-0.05, 0) is 0 Å². The molecule has 2 N–H and O–H groups in total. The molecule has 0 saturated carbocycles. The Morgan fingerprint density at radius 1 is 1.55 bits per heavy atom. The zero-order valence-electron chi connectivity index (χ0n) is 5.98. The molecule has 1 fully saturated rings. The lowest BCUT2D eigenvalue weighted by molar-refractivity contribution is -0.0316. The zero-order chi connectivity index (χ0) is 8.48. The van der Waals surface area contributed by atoms with Crippen molar-refractivity contribution in [2.75, 3.05) is 19.9 Å². The number of alkyl halides is 2. The fourth-order valence-corrected chi connectivity index (χ4v) is 1.13. The summed E-state index contributed by atoms with van der Waals surface area (Å²) in [6.07, 6.45) is -0.0174. The zero-order valence-corrected chi connectivity index (χ0v) is 5.98. The number of nitrogens with one attached hydrogen (secondary N) is 1. The summed E-state index contributed by atoms with van der Waals surface area (Å²) in [5.74, 6) is -0.111. The maximum Gasteiger partial charge on any atom is 0.121 e. The molecular formula is C6H10F2N2O. The van der Waals surface area contributed by atoms with E-state index in [1.165, 1.54) is 0 Å². The molecule has 0 aromatic rings. The van der Waals surface area contributed by atoms with Crippen LogP contribution in [0.2, 0.25) is 0 Å². The van der Waals surface area contributed by atoms with Crippen LogP contribution in [0.4, 0.5) is 8.78 Å². The van der Waals surface area contributed by atoms with Crippen LogP contribution in [0.5, 0.6) is 0 Å². The molecule has 0 bridgehead atoms. The average Bonchev–Trinajstić information content (AvgIpc) is 2.29. The van der Waals surface area contributed by atoms with Gasteiger partial charge < -0.3 is 0 Å². The average molecular weight is 164 g/mol. The van der Waals surface area contributed by atoms with Crippen molar-refractivity contribution in [3.05, 3.63) is 0 Å². The minimum atomic E-state index is -1.16. The van der Waals surface area contributed by atoms with E-state index in [0.717, 1.165) is 0 Å². The molecule has 3 nitrogen and oxygen atoms in total. The standard InChI is InChI=1S/C6H10F2N2O/c7-2-6(3-8)1-5(9)10(11)4-6/h9,11H,1-4H2. The summed E-state index contributed by atoms with van der Waals surface area (Å²) in [6, 6.07) is 0. The molecule has 0 aliphatic carbocycles. The van der Waals surface area contributed by atoms with Gasteiger partial charge in [-0.3, -0.25) is 19.4 Å². The van der Waals surface area contributed by atoms with E-state index in [1.54, 1.807) is 0 Å². The van der Waals surface area contributed by atoms with Gasteiger partial charge in [0.2, 0.25) is 0 Å². The van der Waals surface area contributed by atoms with E-state index >= 15 is 0 Å². The van der Waals surface area contributed by atoms with Gasteiger partial charge in [0.15, 0.2) is 0 Å². The molecule has 64 valence electrons. The van der Waals surface area contributed by atoms with Crippen molar-refractivity contribution in [2.45, 2.75) is 6.42 Å². The van der Waals surface area contributed by atoms with Gasteiger partial charge in [0, 0.05) is 6.42 Å². The van der Waals surface area contributed by atoms with E-state index in [2.05, 4.69) is 0 Å². The van der Waals surface area contributed by atoms with Crippen LogP contribution in [0, 0.1) is 10.8 Å². The van der Waals surface area contributed by atoms with E-state index in [-0.39, 0.29) is 18.8 Å². The van der Waals surface area contributed by atoms with Gasteiger partial charge in [0.1, 0.15) is 5.84 Å². The Morgan fingerprint density at radius 3 is 2.27 bits per heavy atom. The number of hydrogen-bond donors (Lipinski definition) is 2. The first-order valence-corrected chi connectivity index (χ1v) is 3.29. The Kier molecular flexibility index (Phi) is 2.08. The molecule has 0 aromatic heterocycles. The summed E-state index contributed by atoms with van der Waals surface area (Å²) in [6.45, 7) is -1.77. The van der Waals surface area contributed by atoms with E-state index in [4.69, 9.17) is 10.6 Å². The molecule has 1 heterocycles. The van der Waals surface area contributed by atoms with Crippen LogP contribution in [-0.2, 0) is 0 Å². The summed E-state index contributed by atoms with van der Waals surface area (Å²) >= 11 is 0. The lowest BCUT2D eigenvalue weighted by atomic mass is 9.90. The molecular weight excluding hydrogens is 154 g/mol. The van der Waals surface area contributed by atoms with Gasteiger partial charge in [-0.15, -0.1) is 0 Å². The maximum atomic E-state index is 12.2. The van der Waals surface area contributed by atoms with E-state index in [1.807, 2.05) is 0 Å². The molecule has 0 radical (unpaired) electrons. The van der Waals surface area contributed by atoms with Crippen LogP contribution in [0.15, 0.2) is 0 Å². The highest BCUT2D eigenvalue weighted by atomic mass is 19.1. The number of hydroxylamine groups is 2. The molecule has 0 unspecified atom stereocenters. The molecule has 1 rings (SSSR count). The Hall–Kier alpha value is -0.710. The Balaban J connectivity index is 2.68. The third-order valence-electron chi connectivity index (χ3n) is 1.91. The van der Waals surface area contributed by atoms with Crippen molar-refractivity contribution < 1.29 is 14.0 Å². The quantitative estimate of drug-likeness (QED) is 0.639. The van der Waals surface area contributed by atoms with Gasteiger partial charge in [0.25, 0.3) is 0 Å². The predicted octanol–water partition coefficient (Wildman–Crippen LogP) is 0.984. The lowest BCUT2D eigenvalue weighted by Crippen LogP contribution is -2.29. The Bertz CT molecular complexity index is 170. The Morgan fingerprint density at radius 2 is 2.09 bits per heavy atom. The van der Waals surface area contributed by atoms with E-state index < -0.39 is 18.8 Å². The molecule has 0 spiro atoms. The van der Waals surface area contributed by atoms with Gasteiger partial charge in [-0.1, -0.05) is 0 Å². The van der Waals surface area contributed by atoms with Crippen LogP contribution < -0.4 is 0 Å². The minimum absolute atomic E-state index is 0.0174. The highest BCUT2D eigenvalue weighted by Crippen LogP contribution is 2.31. The molecule has 1 aliphatic rings. The Labute approximate surface area is 63.1 Å². The summed E-state index contributed by atoms with van der Waals surface area (Å²) in [7, 11) is 0. The van der Waals surface area contributed by atoms with Crippen molar-refractivity contribution in [3.8, 4) is 0 Å². The second-order valence-corrected chi connectivity index (χ2v) is 2.95. The molecule has 0 aromatic carbocycles. The van der Waals surface area contributed by atoms with Gasteiger partial charge in [-0.2, -0.15) is 0 Å². The van der Waals surface area contributed by atoms with Crippen LogP contribution in [0.25, 0.3) is 0 Å². The lowest BCUT2D eigenvalue weighted by Gasteiger charge is -2.18. The van der Waals surface area contributed by atoms with Gasteiger partial charge in [-0.25, -0.2) is 5.06 Å². The van der Waals surface area contributed by atoms with Crippen LogP contribution in [0.1, 0.15) is 6.42 Å². The summed E-state index contributed by atoms with van der Waals surface area (Å²) in [5.41, 5.74) is -1.16. The van der Waals surface area contributed by atoms with Crippen molar-refractivity contribution >= 4 is 5.84 Å². The van der Waals surface area contributed by atoms with Gasteiger partial charge >= 0.3 is 0 Å². The molecule has 5 heteroatoms. The highest BCUT2D eigenvalue weighted by Gasteiger charge is 2.41. The van der Waals surface area contributed by atoms with Crippen LogP contribution in [-0.4, -0.2) is 36.0 Å². The van der Waals surface area contributed by atoms with Crippen molar-refractivity contribution in [1.82, 2.24) is 5.06 Å². The maximum absolute atomic E-state index is 12.2. The fraction of sp³-hybridized carbons (Fsp3) is 0.833. The third-order valence-corrected chi connectivity index (χ3v) is 1.91. The molecule has 11 heavy (non-hydrogen) atoms. The van der Waals surface area contributed by atoms with Crippen molar-refractivity contribution in [2.24, 2.45) is 5.41 Å². The minimum Gasteiger partial charge on any atom is -0.287 e. The SMILES string of the molecule is N=C1CC(CF)(CF)CN1O. The summed E-state index contributed by atoms with van der Waals surface area (Å²) in [5, 5.41) is 16.5. The predicted molar refractivity (Wildman–Crippen MR) is 35.2 cm³/mol. The van der Waals surface area contributed by atoms with Crippen LogP contribution >= 0.6 is 0 Å². The number of hydrogen-bond acceptors (Lipinski definition) is 2. The first-order valence-electron chi connectivity index (χ1n) is 3.29. The monoisotopic (exact) mass is 164 g/mol. The summed E-state index contributed by atoms with van der Waals surface area (Å²) in [4.78, 5) is 0. The van der Waals surface area contributed by atoms with E-state index in [9.17, 15) is 8.78 Å². The summed E-state index contributed by atoms with van der Waals surface area (Å²) < 4.78 is 24.5. The van der Waals surface area contributed by atoms with Gasteiger partial charge in [0.05, 0.1) is 25.3 Å².